The number of aliphatic hydroxyl groups excluding tert-OH is 1. The molecule has 3 aromatic carbocycles. The van der Waals surface area contributed by atoms with E-state index in [9.17, 15) is 28.2 Å². The number of ketones is 1. The van der Waals surface area contributed by atoms with Crippen molar-refractivity contribution in [2.75, 3.05) is 5.75 Å². The van der Waals surface area contributed by atoms with E-state index in [1.165, 1.54) is 17.7 Å². The monoisotopic (exact) mass is 665 g/mol. The van der Waals surface area contributed by atoms with Crippen LogP contribution in [-0.4, -0.2) is 38.4 Å². The molecule has 242 valence electrons. The second-order valence-corrected chi connectivity index (χ2v) is 15.3. The highest BCUT2D eigenvalue weighted by molar-refractivity contribution is 8.01. The number of rotatable bonds is 5. The summed E-state index contributed by atoms with van der Waals surface area (Å²) < 4.78 is 42.8. The van der Waals surface area contributed by atoms with Crippen molar-refractivity contribution in [1.29, 1.82) is 0 Å². The maximum Gasteiger partial charge on any atom is 0.416 e. The summed E-state index contributed by atoms with van der Waals surface area (Å²) in [5, 5.41) is 23.3. The summed E-state index contributed by atoms with van der Waals surface area (Å²) in [5.41, 5.74) is 1.33. The van der Waals surface area contributed by atoms with Gasteiger partial charge in [-0.2, -0.15) is 13.2 Å². The van der Waals surface area contributed by atoms with Gasteiger partial charge >= 0.3 is 6.18 Å². The largest absolute Gasteiger partial charge is 0.416 e. The van der Waals surface area contributed by atoms with Gasteiger partial charge in [0.15, 0.2) is 10.1 Å². The molecular formula is C37H38F3NO3S2. The Labute approximate surface area is 275 Å². The number of benzene rings is 3. The summed E-state index contributed by atoms with van der Waals surface area (Å²) in [6.07, 6.45) is 1.15. The van der Waals surface area contributed by atoms with Crippen LogP contribution in [0.2, 0.25) is 0 Å². The topological polar surface area (TPSA) is 70.4 Å². The molecule has 4 aromatic rings. The van der Waals surface area contributed by atoms with E-state index in [1.807, 2.05) is 36.4 Å². The molecule has 2 bridgehead atoms. The Balaban J connectivity index is 1.41. The fraction of sp³-hybridized carbons (Fsp3) is 0.405. The summed E-state index contributed by atoms with van der Waals surface area (Å²) in [7, 11) is 0. The number of fused-ring (bicyclic) bond motifs is 9. The van der Waals surface area contributed by atoms with Gasteiger partial charge in [0, 0.05) is 22.3 Å². The molecular weight excluding hydrogens is 628 g/mol. The molecule has 0 aliphatic heterocycles. The lowest BCUT2D eigenvalue weighted by Crippen LogP contribution is -2.46. The third kappa shape index (κ3) is 6.57. The van der Waals surface area contributed by atoms with E-state index in [-0.39, 0.29) is 11.5 Å². The molecule has 0 unspecified atom stereocenters. The zero-order chi connectivity index (χ0) is 32.7. The van der Waals surface area contributed by atoms with Crippen LogP contribution >= 0.6 is 23.1 Å². The first-order chi connectivity index (χ1) is 21.9. The van der Waals surface area contributed by atoms with Gasteiger partial charge in [0.2, 0.25) is 0 Å². The molecule has 3 aliphatic rings. The normalized spacial score (nSPS) is 25.7. The van der Waals surface area contributed by atoms with Crippen LogP contribution in [0.1, 0.15) is 90.9 Å². The molecule has 3 aliphatic carbocycles. The predicted octanol–water partition coefficient (Wildman–Crippen LogP) is 9.38. The van der Waals surface area contributed by atoms with Gasteiger partial charge in [-0.3, -0.25) is 4.79 Å². The molecule has 0 amide bonds. The fourth-order valence-corrected chi connectivity index (χ4v) is 9.64. The lowest BCUT2D eigenvalue weighted by Gasteiger charge is -2.44. The third-order valence-electron chi connectivity index (χ3n) is 10.1. The van der Waals surface area contributed by atoms with E-state index in [4.69, 9.17) is 4.98 Å². The highest BCUT2D eigenvalue weighted by Gasteiger charge is 2.56. The van der Waals surface area contributed by atoms with Crippen molar-refractivity contribution in [1.82, 2.24) is 4.98 Å². The molecule has 1 fully saturated rings. The van der Waals surface area contributed by atoms with Crippen LogP contribution in [0.3, 0.4) is 0 Å². The van der Waals surface area contributed by atoms with Gasteiger partial charge in [0.25, 0.3) is 0 Å². The van der Waals surface area contributed by atoms with E-state index in [1.54, 1.807) is 29.2 Å². The number of hydrogen-bond donors (Lipinski definition) is 2. The summed E-state index contributed by atoms with van der Waals surface area (Å²) in [6, 6.07) is 18.1. The minimum atomic E-state index is -4.58. The van der Waals surface area contributed by atoms with Crippen LogP contribution in [0.25, 0.3) is 10.2 Å². The quantitative estimate of drug-likeness (QED) is 0.126. The number of aliphatic hydroxyl groups is 2. The van der Waals surface area contributed by atoms with Crippen LogP contribution in [0, 0.1) is 5.41 Å². The average Bonchev–Trinajstić information content (AvgIpc) is 3.56. The minimum absolute atomic E-state index is 0.0326. The van der Waals surface area contributed by atoms with Gasteiger partial charge in [0.1, 0.15) is 0 Å². The van der Waals surface area contributed by atoms with Crippen LogP contribution < -0.4 is 0 Å². The molecule has 46 heavy (non-hydrogen) atoms. The van der Waals surface area contributed by atoms with Crippen LogP contribution in [0.15, 0.2) is 82.7 Å². The number of carbonyl (C=O) groups is 1. The van der Waals surface area contributed by atoms with Crippen molar-refractivity contribution in [3.05, 3.63) is 106 Å². The van der Waals surface area contributed by atoms with Gasteiger partial charge < -0.3 is 10.2 Å². The Kier molecular flexibility index (Phi) is 9.24. The summed E-state index contributed by atoms with van der Waals surface area (Å²) >= 11 is 3.16. The van der Waals surface area contributed by atoms with E-state index in [2.05, 4.69) is 19.9 Å². The van der Waals surface area contributed by atoms with E-state index in [0.717, 1.165) is 50.7 Å². The maximum atomic E-state index is 14.1. The molecule has 2 N–H and O–H groups in total. The van der Waals surface area contributed by atoms with Gasteiger partial charge in [-0.15, -0.1) is 11.3 Å². The Morgan fingerprint density at radius 2 is 1.87 bits per heavy atom. The molecule has 4 atom stereocenters. The van der Waals surface area contributed by atoms with Crippen LogP contribution in [0.4, 0.5) is 13.2 Å². The molecule has 4 nitrogen and oxygen atoms in total. The Morgan fingerprint density at radius 1 is 1.07 bits per heavy atom. The standard InChI is InChI=1S/C37H38F3NO3S2/c1-23-7-6-17-35(2)30(16-18-36(35,44)22-45-34-41-31-10-3-4-11-32(31)46-34)28-15-13-24(19-27(42)14-12-23)20-29(28)33(43)25-8-5-9-26(21-25)37(38,39)40/h3-5,7-11,13,15,20-21,27,30,42,44H,6,12,14,16-19,22H2,1-2H3/t27-,30-,35-,36+/m0/s1. The second kappa shape index (κ2) is 12.9. The summed E-state index contributed by atoms with van der Waals surface area (Å²) in [4.78, 5) is 18.9. The Hall–Kier alpha value is -2.98. The predicted molar refractivity (Wildman–Crippen MR) is 179 cm³/mol. The van der Waals surface area contributed by atoms with E-state index < -0.39 is 34.6 Å². The number of alkyl halides is 3. The summed E-state index contributed by atoms with van der Waals surface area (Å²) in [5.74, 6) is -0.264. The van der Waals surface area contributed by atoms with E-state index >= 15 is 0 Å². The van der Waals surface area contributed by atoms with Gasteiger partial charge in [-0.25, -0.2) is 4.98 Å². The van der Waals surface area contributed by atoms with Gasteiger partial charge in [-0.1, -0.05) is 66.7 Å². The number of thiazole rings is 1. The molecule has 7 rings (SSSR count). The van der Waals surface area contributed by atoms with Crippen LogP contribution in [-0.2, 0) is 12.6 Å². The zero-order valence-electron chi connectivity index (χ0n) is 25.9. The molecule has 0 spiro atoms. The second-order valence-electron chi connectivity index (χ2n) is 13.1. The smallest absolute Gasteiger partial charge is 0.393 e. The van der Waals surface area contributed by atoms with Gasteiger partial charge in [-0.05, 0) is 99.2 Å². The molecule has 1 aromatic heterocycles. The van der Waals surface area contributed by atoms with Gasteiger partial charge in [0.05, 0.1) is 27.5 Å². The highest BCUT2D eigenvalue weighted by Crippen LogP contribution is 2.60. The van der Waals surface area contributed by atoms with Crippen LogP contribution in [0.5, 0.6) is 0 Å². The average molecular weight is 666 g/mol. The number of halogens is 3. The number of para-hydroxylation sites is 1. The van der Waals surface area contributed by atoms with Crippen molar-refractivity contribution in [2.45, 2.75) is 86.9 Å². The zero-order valence-corrected chi connectivity index (χ0v) is 27.6. The molecule has 0 radical (unpaired) electrons. The number of nitrogens with zero attached hydrogens (tertiary/aromatic N) is 1. The van der Waals surface area contributed by atoms with Crippen molar-refractivity contribution >= 4 is 39.1 Å². The molecule has 1 heterocycles. The maximum absolute atomic E-state index is 14.1. The first-order valence-electron chi connectivity index (χ1n) is 15.8. The lowest BCUT2D eigenvalue weighted by molar-refractivity contribution is -0.137. The number of aromatic nitrogens is 1. The molecule has 9 heteroatoms. The minimum Gasteiger partial charge on any atom is -0.393 e. The van der Waals surface area contributed by atoms with Crippen molar-refractivity contribution in [2.24, 2.45) is 5.41 Å². The number of thioether (sulfide) groups is 1. The SMILES string of the molecule is CC1=CCC[C@@]2(C)[C@@H](CC[C@@]2(O)CSc2nc3ccccc3s2)c2ccc(cc2C(=O)c2cccc(C(F)(F)F)c2)C[C@@H](O)CC1. The van der Waals surface area contributed by atoms with Crippen molar-refractivity contribution in [3.63, 3.8) is 0 Å². The summed E-state index contributed by atoms with van der Waals surface area (Å²) in [6.45, 7) is 4.18. The Bertz CT molecular complexity index is 1750. The molecule has 0 saturated heterocycles. The lowest BCUT2D eigenvalue weighted by atomic mass is 9.65. The number of hydrogen-bond acceptors (Lipinski definition) is 6. The van der Waals surface area contributed by atoms with Crippen molar-refractivity contribution < 1.29 is 28.2 Å². The van der Waals surface area contributed by atoms with E-state index in [0.29, 0.717) is 43.4 Å². The third-order valence-corrected chi connectivity index (χ3v) is 12.5. The first kappa shape index (κ1) is 32.9. The highest BCUT2D eigenvalue weighted by atomic mass is 32.2. The number of carbonyl (C=O) groups excluding carboxylic acids is 1. The Morgan fingerprint density at radius 3 is 2.65 bits per heavy atom. The number of allylic oxidation sites excluding steroid dienone is 2. The fourth-order valence-electron chi connectivity index (χ4n) is 7.26. The first-order valence-corrected chi connectivity index (χ1v) is 17.6. The van der Waals surface area contributed by atoms with Crippen molar-refractivity contribution in [3.8, 4) is 0 Å². The molecule has 1 saturated carbocycles.